The van der Waals surface area contributed by atoms with E-state index in [4.69, 9.17) is 0 Å². The number of piperidine rings is 1. The number of rotatable bonds is 4. The minimum Gasteiger partial charge on any atom is -0.342 e. The van der Waals surface area contributed by atoms with Crippen molar-refractivity contribution in [2.75, 3.05) is 13.1 Å². The van der Waals surface area contributed by atoms with Crippen LogP contribution < -0.4 is 0 Å². The Hall–Kier alpha value is -0.860. The first-order valence-electron chi connectivity index (χ1n) is 7.51. The maximum absolute atomic E-state index is 12.1. The molecule has 0 radical (unpaired) electrons. The normalized spacial score (nSPS) is 25.7. The maximum atomic E-state index is 12.1. The molecular weight excluding hydrogens is 226 g/mol. The van der Waals surface area contributed by atoms with Crippen LogP contribution in [0.4, 0.5) is 0 Å². The molecule has 0 aromatic rings. The van der Waals surface area contributed by atoms with Gasteiger partial charge in [0.2, 0.25) is 5.91 Å². The molecule has 0 aromatic heterocycles. The molecule has 1 heterocycles. The van der Waals surface area contributed by atoms with E-state index in [-0.39, 0.29) is 11.8 Å². The largest absolute Gasteiger partial charge is 0.342 e. The molecule has 1 aliphatic heterocycles. The number of amides is 1. The molecule has 3 heteroatoms. The molecule has 2 rings (SSSR count). The van der Waals surface area contributed by atoms with Crippen LogP contribution in [-0.4, -0.2) is 29.7 Å². The third kappa shape index (κ3) is 3.33. The summed E-state index contributed by atoms with van der Waals surface area (Å²) in [5.74, 6) is 1.49. The highest BCUT2D eigenvalue weighted by Gasteiger charge is 2.28. The molecule has 0 spiro atoms. The molecule has 0 aromatic carbocycles. The third-order valence-electron chi connectivity index (χ3n) is 4.61. The van der Waals surface area contributed by atoms with Gasteiger partial charge in [-0.15, -0.1) is 0 Å². The van der Waals surface area contributed by atoms with Crippen molar-refractivity contribution in [1.82, 2.24) is 4.90 Å². The van der Waals surface area contributed by atoms with Gasteiger partial charge >= 0.3 is 0 Å². The Morgan fingerprint density at radius 1 is 1.33 bits per heavy atom. The van der Waals surface area contributed by atoms with E-state index in [1.54, 1.807) is 0 Å². The summed E-state index contributed by atoms with van der Waals surface area (Å²) in [6.45, 7) is 3.35. The van der Waals surface area contributed by atoms with E-state index in [0.717, 1.165) is 18.8 Å². The van der Waals surface area contributed by atoms with Gasteiger partial charge in [-0.25, -0.2) is 0 Å². The van der Waals surface area contributed by atoms with Crippen molar-refractivity contribution < 1.29 is 9.59 Å². The van der Waals surface area contributed by atoms with Gasteiger partial charge in [-0.1, -0.05) is 32.6 Å². The summed E-state index contributed by atoms with van der Waals surface area (Å²) in [6, 6.07) is 0. The van der Waals surface area contributed by atoms with Crippen molar-refractivity contribution in [1.29, 1.82) is 0 Å². The van der Waals surface area contributed by atoms with Crippen molar-refractivity contribution in [3.63, 3.8) is 0 Å². The number of likely N-dealkylation sites (tertiary alicyclic amines) is 1. The molecule has 0 N–H and O–H groups in total. The Labute approximate surface area is 110 Å². The number of ketones is 1. The van der Waals surface area contributed by atoms with Crippen LogP contribution in [0.2, 0.25) is 0 Å². The van der Waals surface area contributed by atoms with E-state index >= 15 is 0 Å². The molecule has 3 nitrogen and oxygen atoms in total. The molecule has 2 fully saturated rings. The Morgan fingerprint density at radius 3 is 2.72 bits per heavy atom. The standard InChI is InChI=1S/C15H25NO2/c1-2-13-11-16(10-9-14(13)17)15(18)8-7-12-5-3-4-6-12/h12-13H,2-11H2,1H3. The van der Waals surface area contributed by atoms with Crippen LogP contribution >= 0.6 is 0 Å². The monoisotopic (exact) mass is 251 g/mol. The fourth-order valence-electron chi connectivity index (χ4n) is 3.28. The fourth-order valence-corrected chi connectivity index (χ4v) is 3.28. The van der Waals surface area contributed by atoms with E-state index in [2.05, 4.69) is 0 Å². The molecule has 1 saturated carbocycles. The molecule has 1 amide bonds. The van der Waals surface area contributed by atoms with Gasteiger partial charge in [0.1, 0.15) is 5.78 Å². The zero-order valence-electron chi connectivity index (χ0n) is 11.5. The average molecular weight is 251 g/mol. The topological polar surface area (TPSA) is 37.4 Å². The van der Waals surface area contributed by atoms with Crippen molar-refractivity contribution in [3.8, 4) is 0 Å². The van der Waals surface area contributed by atoms with E-state index < -0.39 is 0 Å². The second-order valence-electron chi connectivity index (χ2n) is 5.85. The lowest BCUT2D eigenvalue weighted by Crippen LogP contribution is -2.43. The van der Waals surface area contributed by atoms with Crippen molar-refractivity contribution in [3.05, 3.63) is 0 Å². The van der Waals surface area contributed by atoms with Crippen molar-refractivity contribution in [2.45, 2.75) is 58.3 Å². The Bertz CT molecular complexity index is 308. The highest BCUT2D eigenvalue weighted by Crippen LogP contribution is 2.29. The minimum atomic E-state index is 0.0918. The molecule has 18 heavy (non-hydrogen) atoms. The Balaban J connectivity index is 1.76. The molecule has 102 valence electrons. The van der Waals surface area contributed by atoms with Gasteiger partial charge in [0.05, 0.1) is 0 Å². The van der Waals surface area contributed by atoms with Crippen molar-refractivity contribution in [2.24, 2.45) is 11.8 Å². The molecule has 0 bridgehead atoms. The van der Waals surface area contributed by atoms with Gasteiger partial charge < -0.3 is 4.90 Å². The summed E-state index contributed by atoms with van der Waals surface area (Å²) in [5.41, 5.74) is 0. The minimum absolute atomic E-state index is 0.0918. The lowest BCUT2D eigenvalue weighted by atomic mass is 9.93. The van der Waals surface area contributed by atoms with E-state index in [0.29, 0.717) is 31.7 Å². The quantitative estimate of drug-likeness (QED) is 0.770. The molecule has 1 aliphatic carbocycles. The average Bonchev–Trinajstić information content (AvgIpc) is 2.89. The van der Waals surface area contributed by atoms with E-state index in [9.17, 15) is 9.59 Å². The molecular formula is C15H25NO2. The third-order valence-corrected chi connectivity index (χ3v) is 4.61. The van der Waals surface area contributed by atoms with Gasteiger partial charge in [-0.3, -0.25) is 9.59 Å². The Kier molecular flexibility index (Phi) is 4.79. The van der Waals surface area contributed by atoms with Crippen LogP contribution in [0.3, 0.4) is 0 Å². The number of hydrogen-bond acceptors (Lipinski definition) is 2. The SMILES string of the molecule is CCC1CN(C(=O)CCC2CCCC2)CCC1=O. The predicted molar refractivity (Wildman–Crippen MR) is 71.2 cm³/mol. The molecule has 1 saturated heterocycles. The van der Waals surface area contributed by atoms with Gasteiger partial charge in [-0.2, -0.15) is 0 Å². The number of hydrogen-bond donors (Lipinski definition) is 0. The predicted octanol–water partition coefficient (Wildman–Crippen LogP) is 2.78. The highest BCUT2D eigenvalue weighted by molar-refractivity contribution is 5.85. The second kappa shape index (κ2) is 6.35. The van der Waals surface area contributed by atoms with Crippen LogP contribution in [0.15, 0.2) is 0 Å². The van der Waals surface area contributed by atoms with Crippen LogP contribution in [0, 0.1) is 11.8 Å². The number of nitrogens with zero attached hydrogens (tertiary/aromatic N) is 1. The van der Waals surface area contributed by atoms with Crippen LogP contribution in [-0.2, 0) is 9.59 Å². The lowest BCUT2D eigenvalue weighted by Gasteiger charge is -2.31. The zero-order valence-corrected chi connectivity index (χ0v) is 11.5. The summed E-state index contributed by atoms with van der Waals surface area (Å²) < 4.78 is 0. The van der Waals surface area contributed by atoms with Gasteiger partial charge in [0.25, 0.3) is 0 Å². The first-order valence-corrected chi connectivity index (χ1v) is 7.51. The van der Waals surface area contributed by atoms with Crippen LogP contribution in [0.1, 0.15) is 58.3 Å². The second-order valence-corrected chi connectivity index (χ2v) is 5.85. The zero-order chi connectivity index (χ0) is 13.0. The number of carbonyl (C=O) groups is 2. The first kappa shape index (κ1) is 13.6. The summed E-state index contributed by atoms with van der Waals surface area (Å²) in [4.78, 5) is 25.7. The molecule has 2 aliphatic rings. The first-order chi connectivity index (χ1) is 8.70. The summed E-state index contributed by atoms with van der Waals surface area (Å²) >= 11 is 0. The lowest BCUT2D eigenvalue weighted by molar-refractivity contribution is -0.137. The van der Waals surface area contributed by atoms with E-state index in [1.807, 2.05) is 11.8 Å². The summed E-state index contributed by atoms with van der Waals surface area (Å²) in [5, 5.41) is 0. The maximum Gasteiger partial charge on any atom is 0.222 e. The fraction of sp³-hybridized carbons (Fsp3) is 0.867. The highest BCUT2D eigenvalue weighted by atomic mass is 16.2. The van der Waals surface area contributed by atoms with Crippen molar-refractivity contribution >= 4 is 11.7 Å². The summed E-state index contributed by atoms with van der Waals surface area (Å²) in [7, 11) is 0. The number of Topliss-reactive ketones (excluding diaryl/α,β-unsaturated/α-hetero) is 1. The van der Waals surface area contributed by atoms with Crippen LogP contribution in [0.25, 0.3) is 0 Å². The van der Waals surface area contributed by atoms with Gasteiger partial charge in [0, 0.05) is 31.8 Å². The molecule has 1 atom stereocenters. The van der Waals surface area contributed by atoms with Crippen LogP contribution in [0.5, 0.6) is 0 Å². The van der Waals surface area contributed by atoms with E-state index in [1.165, 1.54) is 25.7 Å². The summed E-state index contributed by atoms with van der Waals surface area (Å²) in [6.07, 6.45) is 8.48. The van der Waals surface area contributed by atoms with Gasteiger partial charge in [-0.05, 0) is 18.8 Å². The smallest absolute Gasteiger partial charge is 0.222 e. The molecule has 1 unspecified atom stereocenters. The number of carbonyl (C=O) groups excluding carboxylic acids is 2. The van der Waals surface area contributed by atoms with Gasteiger partial charge in [0.15, 0.2) is 0 Å². The Morgan fingerprint density at radius 2 is 2.06 bits per heavy atom.